The van der Waals surface area contributed by atoms with Gasteiger partial charge < -0.3 is 10.4 Å². The SMILES string of the molecule is CC(O)C(C)NCc1cccc(Cl)c1. The van der Waals surface area contributed by atoms with Gasteiger partial charge in [-0.2, -0.15) is 0 Å². The topological polar surface area (TPSA) is 32.3 Å². The largest absolute Gasteiger partial charge is 0.392 e. The molecule has 1 rings (SSSR count). The Labute approximate surface area is 89.9 Å². The zero-order chi connectivity index (χ0) is 10.6. The van der Waals surface area contributed by atoms with Gasteiger partial charge in [0.25, 0.3) is 0 Å². The third kappa shape index (κ3) is 3.66. The van der Waals surface area contributed by atoms with Crippen molar-refractivity contribution in [2.24, 2.45) is 0 Å². The first kappa shape index (κ1) is 11.5. The van der Waals surface area contributed by atoms with Crippen molar-refractivity contribution in [3.63, 3.8) is 0 Å². The summed E-state index contributed by atoms with van der Waals surface area (Å²) >= 11 is 5.85. The lowest BCUT2D eigenvalue weighted by atomic mass is 10.2. The molecule has 0 aliphatic carbocycles. The van der Waals surface area contributed by atoms with E-state index in [1.54, 1.807) is 6.92 Å². The van der Waals surface area contributed by atoms with Crippen LogP contribution in [0.2, 0.25) is 5.02 Å². The molecule has 0 aliphatic heterocycles. The lowest BCUT2D eigenvalue weighted by Gasteiger charge is -2.16. The fourth-order valence-electron chi connectivity index (χ4n) is 1.10. The first-order valence-corrected chi connectivity index (χ1v) is 5.13. The van der Waals surface area contributed by atoms with Gasteiger partial charge in [-0.15, -0.1) is 0 Å². The molecular weight excluding hydrogens is 198 g/mol. The van der Waals surface area contributed by atoms with Gasteiger partial charge >= 0.3 is 0 Å². The van der Waals surface area contributed by atoms with Gasteiger partial charge in [0.2, 0.25) is 0 Å². The second-order valence-electron chi connectivity index (χ2n) is 3.54. The van der Waals surface area contributed by atoms with E-state index in [-0.39, 0.29) is 12.1 Å². The smallest absolute Gasteiger partial charge is 0.0662 e. The Hall–Kier alpha value is -0.570. The van der Waals surface area contributed by atoms with Crippen LogP contribution in [0.5, 0.6) is 0 Å². The highest BCUT2D eigenvalue weighted by Gasteiger charge is 2.06. The van der Waals surface area contributed by atoms with Crippen LogP contribution < -0.4 is 5.32 Å². The molecule has 0 bridgehead atoms. The molecule has 0 fully saturated rings. The number of halogens is 1. The third-order valence-corrected chi connectivity index (χ3v) is 2.48. The van der Waals surface area contributed by atoms with E-state index in [0.29, 0.717) is 0 Å². The molecule has 78 valence electrons. The van der Waals surface area contributed by atoms with Gasteiger partial charge in [-0.3, -0.25) is 0 Å². The molecule has 0 radical (unpaired) electrons. The van der Waals surface area contributed by atoms with Crippen LogP contribution in [0.15, 0.2) is 24.3 Å². The summed E-state index contributed by atoms with van der Waals surface area (Å²) in [4.78, 5) is 0. The van der Waals surface area contributed by atoms with Crippen molar-refractivity contribution < 1.29 is 5.11 Å². The minimum Gasteiger partial charge on any atom is -0.392 e. The molecular formula is C11H16ClNO. The maximum atomic E-state index is 9.26. The van der Waals surface area contributed by atoms with E-state index >= 15 is 0 Å². The Bertz CT molecular complexity index is 288. The zero-order valence-corrected chi connectivity index (χ0v) is 9.25. The highest BCUT2D eigenvalue weighted by atomic mass is 35.5. The predicted molar refractivity (Wildman–Crippen MR) is 59.4 cm³/mol. The van der Waals surface area contributed by atoms with Gasteiger partial charge in [-0.1, -0.05) is 23.7 Å². The zero-order valence-electron chi connectivity index (χ0n) is 8.50. The van der Waals surface area contributed by atoms with Gasteiger partial charge in [0.15, 0.2) is 0 Å². The maximum Gasteiger partial charge on any atom is 0.0662 e. The van der Waals surface area contributed by atoms with Crippen LogP contribution in [0.25, 0.3) is 0 Å². The minimum absolute atomic E-state index is 0.0916. The van der Waals surface area contributed by atoms with E-state index in [9.17, 15) is 5.11 Å². The summed E-state index contributed by atoms with van der Waals surface area (Å²) in [6.07, 6.45) is -0.339. The number of hydrogen-bond acceptors (Lipinski definition) is 2. The molecule has 3 heteroatoms. The Balaban J connectivity index is 2.45. The number of rotatable bonds is 4. The normalized spacial score (nSPS) is 15.1. The van der Waals surface area contributed by atoms with Crippen LogP contribution in [-0.2, 0) is 6.54 Å². The number of hydrogen-bond donors (Lipinski definition) is 2. The molecule has 2 nitrogen and oxygen atoms in total. The Morgan fingerprint density at radius 2 is 2.14 bits per heavy atom. The average Bonchev–Trinajstić information content (AvgIpc) is 2.14. The second kappa shape index (κ2) is 5.35. The fourth-order valence-corrected chi connectivity index (χ4v) is 1.31. The summed E-state index contributed by atoms with van der Waals surface area (Å²) in [5.74, 6) is 0. The molecule has 1 aromatic carbocycles. The van der Waals surface area contributed by atoms with Crippen molar-refractivity contribution in [1.82, 2.24) is 5.32 Å². The van der Waals surface area contributed by atoms with E-state index < -0.39 is 0 Å². The van der Waals surface area contributed by atoms with Crippen LogP contribution in [0.4, 0.5) is 0 Å². The van der Waals surface area contributed by atoms with E-state index in [1.807, 2.05) is 31.2 Å². The van der Waals surface area contributed by atoms with Crippen LogP contribution in [0, 0.1) is 0 Å². The van der Waals surface area contributed by atoms with Crippen LogP contribution in [0.3, 0.4) is 0 Å². The summed E-state index contributed by atoms with van der Waals surface area (Å²) in [5, 5.41) is 13.2. The standard InChI is InChI=1S/C11H16ClNO/c1-8(9(2)14)13-7-10-4-3-5-11(12)6-10/h3-6,8-9,13-14H,7H2,1-2H3. The molecule has 0 aliphatic rings. The molecule has 2 atom stereocenters. The Kier molecular flexibility index (Phi) is 4.39. The number of aliphatic hydroxyl groups excluding tert-OH is 1. The molecule has 2 N–H and O–H groups in total. The quantitative estimate of drug-likeness (QED) is 0.804. The van der Waals surface area contributed by atoms with Crippen molar-refractivity contribution in [3.8, 4) is 0 Å². The van der Waals surface area contributed by atoms with Crippen LogP contribution in [-0.4, -0.2) is 17.3 Å². The van der Waals surface area contributed by atoms with Gasteiger partial charge in [-0.25, -0.2) is 0 Å². The summed E-state index contributed by atoms with van der Waals surface area (Å²) in [6, 6.07) is 7.79. The molecule has 14 heavy (non-hydrogen) atoms. The highest BCUT2D eigenvalue weighted by molar-refractivity contribution is 6.30. The summed E-state index contributed by atoms with van der Waals surface area (Å²) in [7, 11) is 0. The molecule has 0 saturated carbocycles. The molecule has 0 spiro atoms. The fraction of sp³-hybridized carbons (Fsp3) is 0.455. The van der Waals surface area contributed by atoms with Crippen molar-refractivity contribution in [1.29, 1.82) is 0 Å². The summed E-state index contributed by atoms with van der Waals surface area (Å²) in [6.45, 7) is 4.46. The lowest BCUT2D eigenvalue weighted by molar-refractivity contribution is 0.152. The number of aliphatic hydroxyl groups is 1. The van der Waals surface area contributed by atoms with Crippen molar-refractivity contribution >= 4 is 11.6 Å². The van der Waals surface area contributed by atoms with Crippen molar-refractivity contribution in [2.45, 2.75) is 32.5 Å². The Morgan fingerprint density at radius 1 is 1.43 bits per heavy atom. The average molecular weight is 214 g/mol. The van der Waals surface area contributed by atoms with E-state index in [0.717, 1.165) is 17.1 Å². The van der Waals surface area contributed by atoms with Gasteiger partial charge in [0, 0.05) is 17.6 Å². The number of nitrogens with one attached hydrogen (secondary N) is 1. The van der Waals surface area contributed by atoms with Crippen molar-refractivity contribution in [3.05, 3.63) is 34.9 Å². The van der Waals surface area contributed by atoms with E-state index in [1.165, 1.54) is 0 Å². The third-order valence-electron chi connectivity index (χ3n) is 2.24. The molecule has 1 aromatic rings. The Morgan fingerprint density at radius 3 is 2.71 bits per heavy atom. The van der Waals surface area contributed by atoms with E-state index in [4.69, 9.17) is 11.6 Å². The second-order valence-corrected chi connectivity index (χ2v) is 3.98. The monoisotopic (exact) mass is 213 g/mol. The summed E-state index contributed by atoms with van der Waals surface area (Å²) < 4.78 is 0. The molecule has 2 unspecified atom stereocenters. The molecule has 0 saturated heterocycles. The predicted octanol–water partition coefficient (Wildman–Crippen LogP) is 2.20. The van der Waals surface area contributed by atoms with Gasteiger partial charge in [-0.05, 0) is 31.5 Å². The van der Waals surface area contributed by atoms with Crippen molar-refractivity contribution in [2.75, 3.05) is 0 Å². The molecule has 0 aromatic heterocycles. The van der Waals surface area contributed by atoms with Gasteiger partial charge in [0.05, 0.1) is 6.10 Å². The van der Waals surface area contributed by atoms with E-state index in [2.05, 4.69) is 5.32 Å². The lowest BCUT2D eigenvalue weighted by Crippen LogP contribution is -2.34. The first-order chi connectivity index (χ1) is 6.59. The number of benzene rings is 1. The molecule has 0 amide bonds. The van der Waals surface area contributed by atoms with Crippen LogP contribution in [0.1, 0.15) is 19.4 Å². The van der Waals surface area contributed by atoms with Gasteiger partial charge in [0.1, 0.15) is 0 Å². The summed E-state index contributed by atoms with van der Waals surface area (Å²) in [5.41, 5.74) is 1.13. The highest BCUT2D eigenvalue weighted by Crippen LogP contribution is 2.10. The maximum absolute atomic E-state index is 9.26. The first-order valence-electron chi connectivity index (χ1n) is 4.75. The minimum atomic E-state index is -0.339. The van der Waals surface area contributed by atoms with Crippen LogP contribution >= 0.6 is 11.6 Å². The molecule has 0 heterocycles.